The first-order valence-corrected chi connectivity index (χ1v) is 12.8. The lowest BCUT2D eigenvalue weighted by atomic mass is 9.99. The third-order valence-corrected chi connectivity index (χ3v) is 6.38. The van der Waals surface area contributed by atoms with E-state index in [9.17, 15) is 30.6 Å². The summed E-state index contributed by atoms with van der Waals surface area (Å²) in [6.07, 6.45) is 8.26. The van der Waals surface area contributed by atoms with E-state index in [-0.39, 0.29) is 12.4 Å². The summed E-state index contributed by atoms with van der Waals surface area (Å²) in [5.41, 5.74) is 0. The molecule has 0 radical (unpaired) electrons. The Balaban J connectivity index is 2.19. The van der Waals surface area contributed by atoms with Crippen LogP contribution in [0.1, 0.15) is 90.9 Å². The predicted octanol–water partition coefficient (Wildman–Crippen LogP) is 2.94. The molecule has 0 unspecified atom stereocenters. The number of aliphatic hydroxyl groups is 6. The molecule has 0 aliphatic carbocycles. The molecule has 0 aromatic rings. The normalized spacial score (nSPS) is 28.1. The molecule has 1 aliphatic heterocycles. The van der Waals surface area contributed by atoms with Gasteiger partial charge in [0.15, 0.2) is 6.29 Å². The molecule has 1 aliphatic rings. The van der Waals surface area contributed by atoms with Crippen molar-refractivity contribution in [2.24, 2.45) is 5.92 Å². The summed E-state index contributed by atoms with van der Waals surface area (Å²) >= 11 is 0. The monoisotopic (exact) mass is 476 g/mol. The first-order valence-electron chi connectivity index (χ1n) is 12.8. The first-order chi connectivity index (χ1) is 15.8. The number of hydrogen-bond acceptors (Lipinski definition) is 8. The van der Waals surface area contributed by atoms with Crippen LogP contribution in [0.2, 0.25) is 0 Å². The fraction of sp³-hybridized carbons (Fsp3) is 0.920. The minimum absolute atomic E-state index is 0.0554. The van der Waals surface area contributed by atoms with Gasteiger partial charge in [0.1, 0.15) is 36.3 Å². The molecule has 0 saturated carbocycles. The van der Waals surface area contributed by atoms with E-state index in [1.807, 2.05) is 0 Å². The highest BCUT2D eigenvalue weighted by molar-refractivity contribution is 4.99. The largest absolute Gasteiger partial charge is 0.510 e. The van der Waals surface area contributed by atoms with Crippen molar-refractivity contribution in [2.75, 3.05) is 13.2 Å². The minimum Gasteiger partial charge on any atom is -0.510 e. The highest BCUT2D eigenvalue weighted by atomic mass is 16.7. The summed E-state index contributed by atoms with van der Waals surface area (Å²) in [6, 6.07) is 0. The van der Waals surface area contributed by atoms with E-state index in [1.165, 1.54) is 57.8 Å². The lowest BCUT2D eigenvalue weighted by Gasteiger charge is -2.40. The van der Waals surface area contributed by atoms with Crippen LogP contribution in [0.3, 0.4) is 0 Å². The average molecular weight is 477 g/mol. The zero-order chi connectivity index (χ0) is 24.6. The zero-order valence-corrected chi connectivity index (χ0v) is 20.5. The fourth-order valence-corrected chi connectivity index (χ4v) is 4.01. The van der Waals surface area contributed by atoms with Crippen molar-refractivity contribution in [1.82, 2.24) is 0 Å². The molecule has 0 spiro atoms. The van der Waals surface area contributed by atoms with Crippen LogP contribution < -0.4 is 0 Å². The molecule has 8 heteroatoms. The van der Waals surface area contributed by atoms with Gasteiger partial charge < -0.3 is 40.1 Å². The molecule has 0 aromatic heterocycles. The Kier molecular flexibility index (Phi) is 16.2. The number of unbranched alkanes of at least 4 members (excludes halogenated alkanes) is 11. The number of hydrogen-bond donors (Lipinski definition) is 6. The van der Waals surface area contributed by atoms with E-state index in [4.69, 9.17) is 9.47 Å². The predicted molar refractivity (Wildman–Crippen MR) is 127 cm³/mol. The van der Waals surface area contributed by atoms with Crippen molar-refractivity contribution in [3.8, 4) is 0 Å². The third kappa shape index (κ3) is 11.5. The Morgan fingerprint density at radius 1 is 0.879 bits per heavy atom. The van der Waals surface area contributed by atoms with Gasteiger partial charge in [0, 0.05) is 5.92 Å². The van der Waals surface area contributed by atoms with Crippen LogP contribution in [0.15, 0.2) is 11.8 Å². The van der Waals surface area contributed by atoms with Crippen molar-refractivity contribution < 1.29 is 40.1 Å². The number of rotatable bonds is 18. The molecule has 6 N–H and O–H groups in total. The highest BCUT2D eigenvalue weighted by Crippen LogP contribution is 2.23. The van der Waals surface area contributed by atoms with Crippen molar-refractivity contribution in [1.29, 1.82) is 0 Å². The fourth-order valence-electron chi connectivity index (χ4n) is 4.01. The Bertz CT molecular complexity index is 513. The van der Waals surface area contributed by atoms with Crippen LogP contribution in [-0.2, 0) is 9.47 Å². The van der Waals surface area contributed by atoms with E-state index < -0.39 is 49.3 Å². The lowest BCUT2D eigenvalue weighted by Crippen LogP contribution is -2.59. The Morgan fingerprint density at radius 3 is 1.97 bits per heavy atom. The molecule has 196 valence electrons. The van der Waals surface area contributed by atoms with Crippen molar-refractivity contribution in [3.05, 3.63) is 11.8 Å². The van der Waals surface area contributed by atoms with Crippen molar-refractivity contribution in [2.45, 2.75) is 128 Å². The van der Waals surface area contributed by atoms with Gasteiger partial charge in [-0.1, -0.05) is 78.1 Å². The van der Waals surface area contributed by atoms with E-state index in [0.29, 0.717) is 6.42 Å². The van der Waals surface area contributed by atoms with Crippen molar-refractivity contribution in [3.63, 3.8) is 0 Å². The van der Waals surface area contributed by atoms with Crippen LogP contribution in [0.5, 0.6) is 0 Å². The van der Waals surface area contributed by atoms with Crippen LogP contribution in [0.4, 0.5) is 0 Å². The van der Waals surface area contributed by atoms with Gasteiger partial charge in [-0.25, -0.2) is 0 Å². The van der Waals surface area contributed by atoms with E-state index >= 15 is 0 Å². The minimum atomic E-state index is -1.51. The van der Waals surface area contributed by atoms with Gasteiger partial charge in [-0.05, 0) is 18.9 Å². The standard InChI is InChI=1S/C25H48O8/c1-3-4-5-6-7-8-9-10-11-12-13-14-15-19(27)21(28)18(2)17-32-25-24(31)23(30)22(29)20(16-26)33-25/h15,18,20-31H,3-14,16-17H2,1-2H3/b19-15-/t18-,20+,21-,22-,23-,24+,25-/m0/s1. The van der Waals surface area contributed by atoms with Gasteiger partial charge >= 0.3 is 0 Å². The molecule has 1 rings (SSSR count). The zero-order valence-electron chi connectivity index (χ0n) is 20.5. The molecule has 0 amide bonds. The molecular formula is C25H48O8. The molecule has 0 bridgehead atoms. The molecule has 1 fully saturated rings. The quantitative estimate of drug-likeness (QED) is 0.131. The van der Waals surface area contributed by atoms with E-state index in [1.54, 1.807) is 13.0 Å². The third-order valence-electron chi connectivity index (χ3n) is 6.38. The summed E-state index contributed by atoms with van der Waals surface area (Å²) < 4.78 is 10.7. The Labute approximate surface area is 199 Å². The maximum atomic E-state index is 10.3. The van der Waals surface area contributed by atoms with Gasteiger partial charge in [0.2, 0.25) is 0 Å². The molecule has 1 saturated heterocycles. The van der Waals surface area contributed by atoms with E-state index in [2.05, 4.69) is 6.92 Å². The van der Waals surface area contributed by atoms with E-state index in [0.717, 1.165) is 12.8 Å². The molecule has 1 heterocycles. The Hall–Kier alpha value is -0.740. The summed E-state index contributed by atoms with van der Waals surface area (Å²) in [4.78, 5) is 0. The first kappa shape index (κ1) is 30.3. The highest BCUT2D eigenvalue weighted by Gasteiger charge is 2.44. The van der Waals surface area contributed by atoms with Crippen LogP contribution in [0, 0.1) is 5.92 Å². The van der Waals surface area contributed by atoms with Crippen LogP contribution >= 0.6 is 0 Å². The topological polar surface area (TPSA) is 140 Å². The second-order valence-corrected chi connectivity index (χ2v) is 9.41. The van der Waals surface area contributed by atoms with Crippen molar-refractivity contribution >= 4 is 0 Å². The van der Waals surface area contributed by atoms with Crippen LogP contribution in [-0.4, -0.2) is 80.7 Å². The summed E-state index contributed by atoms with van der Waals surface area (Å²) in [5.74, 6) is -0.599. The second kappa shape index (κ2) is 17.7. The molecule has 8 nitrogen and oxygen atoms in total. The molecule has 0 aromatic carbocycles. The van der Waals surface area contributed by atoms with Gasteiger partial charge in [-0.2, -0.15) is 0 Å². The lowest BCUT2D eigenvalue weighted by molar-refractivity contribution is -0.303. The second-order valence-electron chi connectivity index (χ2n) is 9.41. The number of ether oxygens (including phenoxy) is 2. The number of allylic oxidation sites excluding steroid dienone is 1. The molecule has 7 atom stereocenters. The van der Waals surface area contributed by atoms with Crippen LogP contribution in [0.25, 0.3) is 0 Å². The average Bonchev–Trinajstić information content (AvgIpc) is 2.82. The SMILES string of the molecule is CCCCCCCCCCCCC/C=C(\O)[C@@H](O)[C@@H](C)CO[C@H]1O[C@H](CO)[C@H](O)[C@H](O)[C@H]1O. The Morgan fingerprint density at radius 2 is 1.42 bits per heavy atom. The summed E-state index contributed by atoms with van der Waals surface area (Å²) in [5, 5.41) is 59.3. The van der Waals surface area contributed by atoms with Gasteiger partial charge in [-0.3, -0.25) is 0 Å². The maximum Gasteiger partial charge on any atom is 0.186 e. The maximum absolute atomic E-state index is 10.3. The van der Waals surface area contributed by atoms with Gasteiger partial charge in [0.25, 0.3) is 0 Å². The summed E-state index contributed by atoms with van der Waals surface area (Å²) in [6.45, 7) is 3.32. The molecule has 33 heavy (non-hydrogen) atoms. The number of aliphatic hydroxyl groups excluding tert-OH is 6. The summed E-state index contributed by atoms with van der Waals surface area (Å²) in [7, 11) is 0. The smallest absolute Gasteiger partial charge is 0.186 e. The van der Waals surface area contributed by atoms with Gasteiger partial charge in [-0.15, -0.1) is 0 Å². The molecular weight excluding hydrogens is 428 g/mol. The van der Waals surface area contributed by atoms with Gasteiger partial charge in [0.05, 0.1) is 13.2 Å².